The van der Waals surface area contributed by atoms with E-state index in [1.165, 1.54) is 0 Å². The summed E-state index contributed by atoms with van der Waals surface area (Å²) in [5.41, 5.74) is 8.05. The molecular formula is C19H18N4O3. The number of primary amides is 1. The highest BCUT2D eigenvalue weighted by atomic mass is 16.5. The van der Waals surface area contributed by atoms with Crippen LogP contribution in [0.25, 0.3) is 11.3 Å². The van der Waals surface area contributed by atoms with Gasteiger partial charge in [-0.3, -0.25) is 9.59 Å². The Labute approximate surface area is 150 Å². The van der Waals surface area contributed by atoms with E-state index in [2.05, 4.69) is 15.8 Å². The zero-order valence-electron chi connectivity index (χ0n) is 13.9. The Balaban J connectivity index is 1.56. The van der Waals surface area contributed by atoms with Gasteiger partial charge in [-0.1, -0.05) is 35.5 Å². The number of anilines is 1. The molecule has 7 heteroatoms. The van der Waals surface area contributed by atoms with Crippen LogP contribution in [0.5, 0.6) is 0 Å². The molecular weight excluding hydrogens is 332 g/mol. The van der Waals surface area contributed by atoms with Crippen molar-refractivity contribution in [1.29, 1.82) is 0 Å². The topological polar surface area (TPSA) is 110 Å². The molecule has 0 aliphatic heterocycles. The number of nitrogens with one attached hydrogen (secondary N) is 2. The van der Waals surface area contributed by atoms with E-state index in [0.29, 0.717) is 17.9 Å². The first kappa shape index (κ1) is 17.2. The minimum atomic E-state index is -0.585. The van der Waals surface area contributed by atoms with Crippen LogP contribution in [0, 0.1) is 0 Å². The second kappa shape index (κ2) is 7.98. The fourth-order valence-electron chi connectivity index (χ4n) is 2.34. The third kappa shape index (κ3) is 4.47. The maximum Gasteiger partial charge on any atom is 0.251 e. The summed E-state index contributed by atoms with van der Waals surface area (Å²) in [5, 5.41) is 9.70. The highest BCUT2D eigenvalue weighted by molar-refractivity contribution is 5.96. The summed E-state index contributed by atoms with van der Waals surface area (Å²) in [6.45, 7) is 0.279. The minimum Gasteiger partial charge on any atom is -0.378 e. The molecule has 132 valence electrons. The van der Waals surface area contributed by atoms with Crippen molar-refractivity contribution >= 4 is 17.5 Å². The first-order valence-corrected chi connectivity index (χ1v) is 8.03. The lowest BCUT2D eigenvalue weighted by Crippen LogP contribution is -2.33. The second-order valence-electron chi connectivity index (χ2n) is 5.62. The zero-order chi connectivity index (χ0) is 18.4. The number of nitrogens with zero attached hydrogens (tertiary/aromatic N) is 1. The summed E-state index contributed by atoms with van der Waals surface area (Å²) in [6.07, 6.45) is 0. The summed E-state index contributed by atoms with van der Waals surface area (Å²) in [4.78, 5) is 22.5. The van der Waals surface area contributed by atoms with Crippen molar-refractivity contribution in [1.82, 2.24) is 10.5 Å². The highest BCUT2D eigenvalue weighted by Crippen LogP contribution is 2.19. The van der Waals surface area contributed by atoms with Crippen molar-refractivity contribution < 1.29 is 14.1 Å². The molecule has 3 aromatic rings. The molecule has 0 atom stereocenters. The molecule has 26 heavy (non-hydrogen) atoms. The number of hydrogen-bond donors (Lipinski definition) is 3. The molecule has 0 saturated heterocycles. The van der Waals surface area contributed by atoms with E-state index in [0.717, 1.165) is 16.9 Å². The minimum absolute atomic E-state index is 0.186. The van der Waals surface area contributed by atoms with Gasteiger partial charge < -0.3 is 20.9 Å². The number of nitrogens with two attached hydrogens (primary N) is 1. The predicted molar refractivity (Wildman–Crippen MR) is 97.2 cm³/mol. The predicted octanol–water partition coefficient (Wildman–Crippen LogP) is 2.17. The van der Waals surface area contributed by atoms with Gasteiger partial charge in [0, 0.05) is 22.9 Å². The molecule has 4 N–H and O–H groups in total. The number of carbonyl (C=O) groups excluding carboxylic acids is 2. The summed E-state index contributed by atoms with van der Waals surface area (Å²) < 4.78 is 5.34. The summed E-state index contributed by atoms with van der Waals surface area (Å²) in [5.74, 6) is -0.233. The maximum absolute atomic E-state index is 11.8. The Hall–Kier alpha value is -3.61. The van der Waals surface area contributed by atoms with Crippen LogP contribution in [0.3, 0.4) is 0 Å². The van der Waals surface area contributed by atoms with Crippen LogP contribution in [-0.2, 0) is 11.3 Å². The van der Waals surface area contributed by atoms with Crippen molar-refractivity contribution in [2.24, 2.45) is 5.73 Å². The Morgan fingerprint density at radius 2 is 1.77 bits per heavy atom. The molecule has 2 amide bonds. The summed E-state index contributed by atoms with van der Waals surface area (Å²) >= 11 is 0. The lowest BCUT2D eigenvalue weighted by atomic mass is 10.1. The van der Waals surface area contributed by atoms with E-state index in [4.69, 9.17) is 10.3 Å². The first-order chi connectivity index (χ1) is 12.6. The van der Waals surface area contributed by atoms with E-state index in [1.54, 1.807) is 24.3 Å². The SMILES string of the molecule is NC(=O)CNC(=O)c1ccc(NCc2cc(-c3ccccc3)no2)cc1. The van der Waals surface area contributed by atoms with Gasteiger partial charge in [-0.05, 0) is 24.3 Å². The van der Waals surface area contributed by atoms with Crippen molar-refractivity contribution in [3.8, 4) is 11.3 Å². The van der Waals surface area contributed by atoms with Gasteiger partial charge >= 0.3 is 0 Å². The Morgan fingerprint density at radius 3 is 2.46 bits per heavy atom. The van der Waals surface area contributed by atoms with Crippen LogP contribution in [-0.4, -0.2) is 23.5 Å². The molecule has 1 aromatic heterocycles. The smallest absolute Gasteiger partial charge is 0.251 e. The molecule has 0 spiro atoms. The maximum atomic E-state index is 11.8. The monoisotopic (exact) mass is 350 g/mol. The number of carbonyl (C=O) groups is 2. The lowest BCUT2D eigenvalue weighted by Gasteiger charge is -2.06. The molecule has 0 saturated carbocycles. The number of rotatable bonds is 7. The normalized spacial score (nSPS) is 10.3. The highest BCUT2D eigenvalue weighted by Gasteiger charge is 2.08. The van der Waals surface area contributed by atoms with Crippen molar-refractivity contribution in [3.05, 3.63) is 72.0 Å². The molecule has 7 nitrogen and oxygen atoms in total. The Kier molecular flexibility index (Phi) is 5.28. The van der Waals surface area contributed by atoms with Gasteiger partial charge in [0.05, 0.1) is 13.1 Å². The zero-order valence-corrected chi connectivity index (χ0v) is 13.9. The van der Waals surface area contributed by atoms with Crippen molar-refractivity contribution in [2.45, 2.75) is 6.54 Å². The quantitative estimate of drug-likeness (QED) is 0.605. The average molecular weight is 350 g/mol. The van der Waals surface area contributed by atoms with E-state index < -0.39 is 5.91 Å². The van der Waals surface area contributed by atoms with Crippen LogP contribution < -0.4 is 16.4 Å². The van der Waals surface area contributed by atoms with Crippen molar-refractivity contribution in [3.63, 3.8) is 0 Å². The molecule has 1 heterocycles. The Morgan fingerprint density at radius 1 is 1.04 bits per heavy atom. The third-order valence-electron chi connectivity index (χ3n) is 3.67. The molecule has 0 fully saturated rings. The van der Waals surface area contributed by atoms with Gasteiger partial charge in [0.25, 0.3) is 5.91 Å². The van der Waals surface area contributed by atoms with Crippen LogP contribution in [0.1, 0.15) is 16.1 Å². The third-order valence-corrected chi connectivity index (χ3v) is 3.67. The first-order valence-electron chi connectivity index (χ1n) is 8.03. The van der Waals surface area contributed by atoms with E-state index >= 15 is 0 Å². The van der Waals surface area contributed by atoms with E-state index in [-0.39, 0.29) is 12.5 Å². The molecule has 2 aromatic carbocycles. The molecule has 0 bridgehead atoms. The largest absolute Gasteiger partial charge is 0.378 e. The lowest BCUT2D eigenvalue weighted by molar-refractivity contribution is -0.117. The standard InChI is InChI=1S/C19H18N4O3/c20-18(24)12-22-19(25)14-6-8-15(9-7-14)21-11-16-10-17(23-26-16)13-4-2-1-3-5-13/h1-10,21H,11-12H2,(H2,20,24)(H,22,25). The average Bonchev–Trinajstić information content (AvgIpc) is 3.14. The number of aromatic nitrogens is 1. The van der Waals surface area contributed by atoms with Crippen molar-refractivity contribution in [2.75, 3.05) is 11.9 Å². The summed E-state index contributed by atoms with van der Waals surface area (Å²) in [6, 6.07) is 18.5. The van der Waals surface area contributed by atoms with Gasteiger partial charge in [0.1, 0.15) is 5.69 Å². The number of hydrogen-bond acceptors (Lipinski definition) is 5. The van der Waals surface area contributed by atoms with E-state index in [9.17, 15) is 9.59 Å². The van der Waals surface area contributed by atoms with Crippen LogP contribution in [0.15, 0.2) is 65.2 Å². The Bertz CT molecular complexity index is 889. The van der Waals surface area contributed by atoms with E-state index in [1.807, 2.05) is 36.4 Å². The molecule has 0 aliphatic rings. The summed E-state index contributed by atoms with van der Waals surface area (Å²) in [7, 11) is 0. The van der Waals surface area contributed by atoms with Gasteiger partial charge in [-0.2, -0.15) is 0 Å². The van der Waals surface area contributed by atoms with Gasteiger partial charge in [0.2, 0.25) is 5.91 Å². The van der Waals surface area contributed by atoms with Crippen LogP contribution in [0.4, 0.5) is 5.69 Å². The number of benzene rings is 2. The van der Waals surface area contributed by atoms with Gasteiger partial charge in [0.15, 0.2) is 5.76 Å². The molecule has 0 radical (unpaired) electrons. The van der Waals surface area contributed by atoms with Crippen LogP contribution in [0.2, 0.25) is 0 Å². The second-order valence-corrected chi connectivity index (χ2v) is 5.62. The van der Waals surface area contributed by atoms with Crippen LogP contribution >= 0.6 is 0 Å². The fourth-order valence-corrected chi connectivity index (χ4v) is 2.34. The van der Waals surface area contributed by atoms with Gasteiger partial charge in [-0.25, -0.2) is 0 Å². The molecule has 0 unspecified atom stereocenters. The number of amides is 2. The molecule has 3 rings (SSSR count). The van der Waals surface area contributed by atoms with Gasteiger partial charge in [-0.15, -0.1) is 0 Å². The molecule has 0 aliphatic carbocycles. The fraction of sp³-hybridized carbons (Fsp3) is 0.105.